The largest absolute Gasteiger partial charge is 0.365 e. The molecule has 0 fully saturated rings. The van der Waals surface area contributed by atoms with Gasteiger partial charge in [0.2, 0.25) is 0 Å². The first-order valence-electron chi connectivity index (χ1n) is 7.56. The van der Waals surface area contributed by atoms with Crippen LogP contribution in [-0.4, -0.2) is 16.6 Å². The molecule has 1 atom stereocenters. The van der Waals surface area contributed by atoms with Crippen molar-refractivity contribution in [3.8, 4) is 0 Å². The molecule has 3 heteroatoms. The zero-order chi connectivity index (χ0) is 15.0. The fourth-order valence-corrected chi connectivity index (χ4v) is 2.93. The van der Waals surface area contributed by atoms with E-state index in [1.54, 1.807) is 0 Å². The number of pyridine rings is 1. The van der Waals surface area contributed by atoms with E-state index in [4.69, 9.17) is 4.98 Å². The topological polar surface area (TPSA) is 28.2 Å². The maximum atomic E-state index is 4.80. The molecule has 1 aliphatic rings. The molecule has 0 amide bonds. The minimum Gasteiger partial charge on any atom is -0.365 e. The van der Waals surface area contributed by atoms with E-state index in [-0.39, 0.29) is 5.54 Å². The first kappa shape index (κ1) is 13.9. The van der Waals surface area contributed by atoms with E-state index < -0.39 is 0 Å². The van der Waals surface area contributed by atoms with Crippen LogP contribution in [0.15, 0.2) is 42.5 Å². The van der Waals surface area contributed by atoms with E-state index in [0.29, 0.717) is 6.04 Å². The third kappa shape index (κ3) is 2.87. The normalized spacial score (nSPS) is 17.7. The Labute approximate surface area is 127 Å². The minimum atomic E-state index is 0.0140. The van der Waals surface area contributed by atoms with Crippen molar-refractivity contribution >= 4 is 17.3 Å². The van der Waals surface area contributed by atoms with E-state index in [1.807, 2.05) is 6.07 Å². The highest BCUT2D eigenvalue weighted by atomic mass is 15.2. The summed E-state index contributed by atoms with van der Waals surface area (Å²) in [5.74, 6) is 1.94. The number of benzene rings is 1. The molecule has 1 N–H and O–H groups in total. The quantitative estimate of drug-likeness (QED) is 0.885. The summed E-state index contributed by atoms with van der Waals surface area (Å²) in [6, 6.07) is 15.2. The molecule has 1 aromatic heterocycles. The summed E-state index contributed by atoms with van der Waals surface area (Å²) < 4.78 is 0. The van der Waals surface area contributed by atoms with Gasteiger partial charge in [-0.1, -0.05) is 24.3 Å². The molecule has 2 heterocycles. The summed E-state index contributed by atoms with van der Waals surface area (Å²) in [6.07, 6.45) is 1.08. The lowest BCUT2D eigenvalue weighted by Gasteiger charge is -2.26. The Bertz CT molecular complexity index is 643. The van der Waals surface area contributed by atoms with Crippen LogP contribution in [0.4, 0.5) is 17.3 Å². The summed E-state index contributed by atoms with van der Waals surface area (Å²) in [6.45, 7) is 8.70. The number of nitrogens with one attached hydrogen (secondary N) is 1. The second-order valence-corrected chi connectivity index (χ2v) is 6.81. The smallest absolute Gasteiger partial charge is 0.135 e. The molecule has 1 aromatic carbocycles. The number of rotatable bonds is 2. The Morgan fingerprint density at radius 3 is 2.62 bits per heavy atom. The number of para-hydroxylation sites is 1. The van der Waals surface area contributed by atoms with Crippen molar-refractivity contribution in [2.24, 2.45) is 0 Å². The van der Waals surface area contributed by atoms with Gasteiger partial charge in [0.1, 0.15) is 11.6 Å². The third-order valence-corrected chi connectivity index (χ3v) is 3.69. The number of anilines is 3. The predicted molar refractivity (Wildman–Crippen MR) is 89.4 cm³/mol. The maximum absolute atomic E-state index is 4.80. The highest BCUT2D eigenvalue weighted by molar-refractivity contribution is 5.69. The lowest BCUT2D eigenvalue weighted by molar-refractivity contribution is 0.630. The number of aromatic nitrogens is 1. The van der Waals surface area contributed by atoms with Gasteiger partial charge in [-0.3, -0.25) is 0 Å². The fraction of sp³-hybridized carbons (Fsp3) is 0.389. The van der Waals surface area contributed by atoms with Gasteiger partial charge >= 0.3 is 0 Å². The van der Waals surface area contributed by atoms with Crippen molar-refractivity contribution in [2.45, 2.75) is 45.7 Å². The van der Waals surface area contributed by atoms with Crippen LogP contribution in [0.1, 0.15) is 33.3 Å². The number of nitrogens with zero attached hydrogens (tertiary/aromatic N) is 2. The molecule has 0 radical (unpaired) electrons. The molecule has 1 aliphatic heterocycles. The fourth-order valence-electron chi connectivity index (χ4n) is 2.93. The lowest BCUT2D eigenvalue weighted by atomic mass is 10.1. The highest BCUT2D eigenvalue weighted by Gasteiger charge is 2.27. The summed E-state index contributed by atoms with van der Waals surface area (Å²) in [7, 11) is 0. The molecular weight excluding hydrogens is 258 g/mol. The zero-order valence-corrected chi connectivity index (χ0v) is 13.2. The first-order chi connectivity index (χ1) is 9.94. The van der Waals surface area contributed by atoms with Crippen molar-refractivity contribution in [3.63, 3.8) is 0 Å². The van der Waals surface area contributed by atoms with Gasteiger partial charge in [0.05, 0.1) is 0 Å². The molecule has 0 aliphatic carbocycles. The molecule has 0 saturated heterocycles. The molecule has 21 heavy (non-hydrogen) atoms. The minimum absolute atomic E-state index is 0.0140. The van der Waals surface area contributed by atoms with Gasteiger partial charge in [-0.15, -0.1) is 0 Å². The SMILES string of the molecule is CC1Cc2ccccc2N1c1cccc(NC(C)(C)C)n1. The molecule has 1 unspecified atom stereocenters. The third-order valence-electron chi connectivity index (χ3n) is 3.69. The number of fused-ring (bicyclic) bond motifs is 1. The number of hydrogen-bond donors (Lipinski definition) is 1. The van der Waals surface area contributed by atoms with Crippen LogP contribution in [0.25, 0.3) is 0 Å². The Morgan fingerprint density at radius 1 is 1.10 bits per heavy atom. The average Bonchev–Trinajstić information content (AvgIpc) is 2.72. The molecule has 3 rings (SSSR count). The maximum Gasteiger partial charge on any atom is 0.135 e. The molecule has 0 saturated carbocycles. The van der Waals surface area contributed by atoms with Crippen LogP contribution < -0.4 is 10.2 Å². The van der Waals surface area contributed by atoms with Gasteiger partial charge in [-0.05, 0) is 57.9 Å². The van der Waals surface area contributed by atoms with E-state index in [1.165, 1.54) is 11.3 Å². The Balaban J connectivity index is 1.96. The summed E-state index contributed by atoms with van der Waals surface area (Å²) in [5, 5.41) is 3.45. The van der Waals surface area contributed by atoms with E-state index in [9.17, 15) is 0 Å². The lowest BCUT2D eigenvalue weighted by Crippen LogP contribution is -2.28. The summed E-state index contributed by atoms with van der Waals surface area (Å²) in [5.41, 5.74) is 2.70. The second-order valence-electron chi connectivity index (χ2n) is 6.81. The van der Waals surface area contributed by atoms with Crippen LogP contribution in [-0.2, 0) is 6.42 Å². The van der Waals surface area contributed by atoms with Crippen LogP contribution in [0, 0.1) is 0 Å². The molecule has 3 nitrogen and oxygen atoms in total. The Hall–Kier alpha value is -2.03. The van der Waals surface area contributed by atoms with Gasteiger partial charge in [0.25, 0.3) is 0 Å². The highest BCUT2D eigenvalue weighted by Crippen LogP contribution is 2.37. The van der Waals surface area contributed by atoms with Gasteiger partial charge in [-0.2, -0.15) is 0 Å². The van der Waals surface area contributed by atoms with E-state index >= 15 is 0 Å². The van der Waals surface area contributed by atoms with Gasteiger partial charge in [0, 0.05) is 17.3 Å². The molecule has 110 valence electrons. The average molecular weight is 281 g/mol. The van der Waals surface area contributed by atoms with Crippen molar-refractivity contribution < 1.29 is 0 Å². The number of hydrogen-bond acceptors (Lipinski definition) is 3. The first-order valence-corrected chi connectivity index (χ1v) is 7.56. The van der Waals surface area contributed by atoms with Crippen LogP contribution in [0.2, 0.25) is 0 Å². The van der Waals surface area contributed by atoms with Crippen molar-refractivity contribution in [1.29, 1.82) is 0 Å². The standard InChI is InChI=1S/C18H23N3/c1-13-12-14-8-5-6-9-15(14)21(13)17-11-7-10-16(19-17)20-18(2,3)4/h5-11,13H,12H2,1-4H3,(H,19,20). The monoisotopic (exact) mass is 281 g/mol. The summed E-state index contributed by atoms with van der Waals surface area (Å²) in [4.78, 5) is 7.14. The molecule has 0 bridgehead atoms. The van der Waals surface area contributed by atoms with Crippen LogP contribution in [0.3, 0.4) is 0 Å². The predicted octanol–water partition coefficient (Wildman–Crippen LogP) is 4.37. The van der Waals surface area contributed by atoms with Gasteiger partial charge in [-0.25, -0.2) is 4.98 Å². The van der Waals surface area contributed by atoms with Gasteiger partial charge < -0.3 is 10.2 Å². The summed E-state index contributed by atoms with van der Waals surface area (Å²) >= 11 is 0. The zero-order valence-electron chi connectivity index (χ0n) is 13.2. The Kier molecular flexibility index (Phi) is 3.36. The van der Waals surface area contributed by atoms with Crippen LogP contribution in [0.5, 0.6) is 0 Å². The van der Waals surface area contributed by atoms with Crippen molar-refractivity contribution in [1.82, 2.24) is 4.98 Å². The molecule has 2 aromatic rings. The van der Waals surface area contributed by atoms with Gasteiger partial charge in [0.15, 0.2) is 0 Å². The molecular formula is C18H23N3. The van der Waals surface area contributed by atoms with Crippen molar-refractivity contribution in [2.75, 3.05) is 10.2 Å². The molecule has 0 spiro atoms. The van der Waals surface area contributed by atoms with E-state index in [0.717, 1.165) is 18.1 Å². The van der Waals surface area contributed by atoms with E-state index in [2.05, 4.69) is 74.3 Å². The van der Waals surface area contributed by atoms with Crippen LogP contribution >= 0.6 is 0 Å². The Morgan fingerprint density at radius 2 is 1.86 bits per heavy atom. The van der Waals surface area contributed by atoms with Crippen molar-refractivity contribution in [3.05, 3.63) is 48.0 Å². The second kappa shape index (κ2) is 5.06.